The third-order valence-corrected chi connectivity index (χ3v) is 2.08. The van der Waals surface area contributed by atoms with Crippen LogP contribution in [-0.2, 0) is 0 Å². The van der Waals surface area contributed by atoms with E-state index < -0.39 is 5.82 Å². The second-order valence-electron chi connectivity index (χ2n) is 1.99. The van der Waals surface area contributed by atoms with E-state index in [0.717, 1.165) is 17.8 Å². The molecule has 0 saturated carbocycles. The van der Waals surface area contributed by atoms with E-state index in [2.05, 4.69) is 0 Å². The molecule has 0 saturated heterocycles. The number of nitrogens with two attached hydrogens (primary N) is 1. The number of hydrogen-bond donors (Lipinski definition) is 1. The highest BCUT2D eigenvalue weighted by molar-refractivity contribution is 8.03. The van der Waals surface area contributed by atoms with Crippen LogP contribution in [0, 0.1) is 16.5 Å². The van der Waals surface area contributed by atoms with Gasteiger partial charge in [0.1, 0.15) is 11.2 Å². The molecule has 0 aliphatic rings. The Kier molecular flexibility index (Phi) is 2.79. The Hall–Kier alpha value is -0.920. The zero-order valence-corrected chi connectivity index (χ0v) is 7.42. The van der Waals surface area contributed by atoms with Crippen LogP contribution in [0.4, 0.5) is 10.1 Å². The molecule has 0 unspecified atom stereocenters. The number of nitrogen functional groups attached to an aromatic ring is 1. The fourth-order valence-corrected chi connectivity index (χ4v) is 1.46. The molecule has 12 heavy (non-hydrogen) atoms. The lowest BCUT2D eigenvalue weighted by Gasteiger charge is -2.01. The van der Waals surface area contributed by atoms with Gasteiger partial charge in [0.15, 0.2) is 0 Å². The molecule has 62 valence electrons. The molecule has 0 spiro atoms. The number of rotatable bonds is 1. The second kappa shape index (κ2) is 3.65. The molecule has 0 aromatic heterocycles. The zero-order chi connectivity index (χ0) is 9.14. The van der Waals surface area contributed by atoms with Crippen LogP contribution in [0.25, 0.3) is 0 Å². The van der Waals surface area contributed by atoms with Gasteiger partial charge in [-0.1, -0.05) is 11.6 Å². The van der Waals surface area contributed by atoms with Crippen LogP contribution >= 0.6 is 23.4 Å². The summed E-state index contributed by atoms with van der Waals surface area (Å²) in [6.07, 6.45) is 0. The van der Waals surface area contributed by atoms with E-state index in [9.17, 15) is 4.39 Å². The minimum atomic E-state index is -0.597. The van der Waals surface area contributed by atoms with Crippen LogP contribution in [0.1, 0.15) is 0 Å². The maximum absolute atomic E-state index is 12.8. The largest absolute Gasteiger partial charge is 0.395 e. The van der Waals surface area contributed by atoms with Crippen molar-refractivity contribution in [1.29, 1.82) is 5.26 Å². The number of nitrogens with zero attached hydrogens (tertiary/aromatic N) is 1. The van der Waals surface area contributed by atoms with E-state index in [0.29, 0.717) is 4.90 Å². The minimum absolute atomic E-state index is 0.0362. The van der Waals surface area contributed by atoms with E-state index in [1.807, 2.05) is 0 Å². The highest BCUT2D eigenvalue weighted by Crippen LogP contribution is 2.29. The molecule has 0 atom stereocenters. The molecule has 0 fully saturated rings. The van der Waals surface area contributed by atoms with E-state index in [-0.39, 0.29) is 10.7 Å². The predicted octanol–water partition coefficient (Wildman–Crippen LogP) is 2.63. The first-order valence-corrected chi connectivity index (χ1v) is 4.15. The molecule has 2 nitrogen and oxygen atoms in total. The Bertz CT molecular complexity index is 348. The molecule has 0 aliphatic carbocycles. The standard InChI is InChI=1S/C7H4ClFN2S/c8-4-1-5(9)7(11)6(2-4)12-3-10/h1-2H,11H2. The van der Waals surface area contributed by atoms with Crippen molar-refractivity contribution >= 4 is 29.1 Å². The lowest BCUT2D eigenvalue weighted by molar-refractivity contribution is 0.629. The van der Waals surface area contributed by atoms with Gasteiger partial charge in [0.25, 0.3) is 0 Å². The number of hydrogen-bond acceptors (Lipinski definition) is 3. The maximum Gasteiger partial charge on any atom is 0.148 e. The van der Waals surface area contributed by atoms with Gasteiger partial charge in [0.2, 0.25) is 0 Å². The summed E-state index contributed by atoms with van der Waals surface area (Å²) >= 11 is 6.33. The molecular weight excluding hydrogens is 199 g/mol. The van der Waals surface area contributed by atoms with Crippen molar-refractivity contribution in [2.24, 2.45) is 0 Å². The van der Waals surface area contributed by atoms with Gasteiger partial charge in [0, 0.05) is 9.92 Å². The third-order valence-electron chi connectivity index (χ3n) is 1.21. The van der Waals surface area contributed by atoms with Crippen molar-refractivity contribution in [2.45, 2.75) is 4.90 Å². The summed E-state index contributed by atoms with van der Waals surface area (Å²) in [5, 5.41) is 10.3. The minimum Gasteiger partial charge on any atom is -0.395 e. The summed E-state index contributed by atoms with van der Waals surface area (Å²) < 4.78 is 12.8. The van der Waals surface area contributed by atoms with Crippen LogP contribution < -0.4 is 5.73 Å². The van der Waals surface area contributed by atoms with Crippen LogP contribution in [0.5, 0.6) is 0 Å². The number of halogens is 2. The molecule has 0 heterocycles. The van der Waals surface area contributed by atoms with E-state index in [1.165, 1.54) is 6.07 Å². The first-order valence-electron chi connectivity index (χ1n) is 2.95. The summed E-state index contributed by atoms with van der Waals surface area (Å²) in [5.74, 6) is -0.597. The second-order valence-corrected chi connectivity index (χ2v) is 3.26. The SMILES string of the molecule is N#CSc1cc(Cl)cc(F)c1N. The van der Waals surface area contributed by atoms with Crippen LogP contribution in [-0.4, -0.2) is 0 Å². The van der Waals surface area contributed by atoms with Gasteiger partial charge >= 0.3 is 0 Å². The van der Waals surface area contributed by atoms with Crippen molar-refractivity contribution in [3.63, 3.8) is 0 Å². The monoisotopic (exact) mass is 202 g/mol. The van der Waals surface area contributed by atoms with E-state index in [1.54, 1.807) is 5.40 Å². The Balaban J connectivity index is 3.20. The number of nitriles is 1. The first-order chi connectivity index (χ1) is 5.65. The first kappa shape index (κ1) is 9.17. The quantitative estimate of drug-likeness (QED) is 0.433. The van der Waals surface area contributed by atoms with E-state index >= 15 is 0 Å². The fourth-order valence-electron chi connectivity index (χ4n) is 0.695. The van der Waals surface area contributed by atoms with Crippen molar-refractivity contribution in [2.75, 3.05) is 5.73 Å². The number of benzene rings is 1. The Morgan fingerprint density at radius 2 is 2.25 bits per heavy atom. The average Bonchev–Trinajstić information content (AvgIpc) is 2.00. The fraction of sp³-hybridized carbons (Fsp3) is 0. The lowest BCUT2D eigenvalue weighted by atomic mass is 10.3. The summed E-state index contributed by atoms with van der Waals surface area (Å²) in [6, 6.07) is 2.56. The van der Waals surface area contributed by atoms with Gasteiger partial charge < -0.3 is 5.73 Å². The summed E-state index contributed by atoms with van der Waals surface area (Å²) in [6.45, 7) is 0. The van der Waals surface area contributed by atoms with Crippen LogP contribution in [0.3, 0.4) is 0 Å². The molecule has 1 aromatic rings. The zero-order valence-electron chi connectivity index (χ0n) is 5.84. The Morgan fingerprint density at radius 1 is 1.58 bits per heavy atom. The maximum atomic E-state index is 12.8. The molecule has 0 aliphatic heterocycles. The number of thiocyanates is 1. The van der Waals surface area contributed by atoms with Gasteiger partial charge in [-0.25, -0.2) is 4.39 Å². The van der Waals surface area contributed by atoms with Crippen molar-refractivity contribution in [3.8, 4) is 5.40 Å². The molecular formula is C7H4ClFN2S. The Labute approximate surface area is 78.1 Å². The molecule has 0 radical (unpaired) electrons. The van der Waals surface area contributed by atoms with Crippen LogP contribution in [0.15, 0.2) is 17.0 Å². The highest BCUT2D eigenvalue weighted by Gasteiger charge is 2.06. The van der Waals surface area contributed by atoms with Gasteiger partial charge in [-0.2, -0.15) is 5.26 Å². The molecule has 2 N–H and O–H groups in total. The smallest absolute Gasteiger partial charge is 0.148 e. The van der Waals surface area contributed by atoms with Gasteiger partial charge in [-0.15, -0.1) is 0 Å². The van der Waals surface area contributed by atoms with E-state index in [4.69, 9.17) is 22.6 Å². The Morgan fingerprint density at radius 3 is 2.83 bits per heavy atom. The number of anilines is 1. The molecule has 0 bridgehead atoms. The summed E-state index contributed by atoms with van der Waals surface area (Å²) in [7, 11) is 0. The average molecular weight is 203 g/mol. The lowest BCUT2D eigenvalue weighted by Crippen LogP contribution is -1.92. The molecule has 1 rings (SSSR count). The molecule has 5 heteroatoms. The molecule has 0 amide bonds. The van der Waals surface area contributed by atoms with Gasteiger partial charge in [0.05, 0.1) is 5.69 Å². The normalized spacial score (nSPS) is 9.42. The molecule has 1 aromatic carbocycles. The predicted molar refractivity (Wildman–Crippen MR) is 47.3 cm³/mol. The van der Waals surface area contributed by atoms with Gasteiger partial charge in [-0.05, 0) is 23.9 Å². The van der Waals surface area contributed by atoms with Crippen molar-refractivity contribution in [1.82, 2.24) is 0 Å². The number of thioether (sulfide) groups is 1. The summed E-state index contributed by atoms with van der Waals surface area (Å²) in [5.41, 5.74) is 5.30. The highest BCUT2D eigenvalue weighted by atomic mass is 35.5. The van der Waals surface area contributed by atoms with Gasteiger partial charge in [-0.3, -0.25) is 0 Å². The summed E-state index contributed by atoms with van der Waals surface area (Å²) in [4.78, 5) is 0.350. The van der Waals surface area contributed by atoms with Crippen molar-refractivity contribution in [3.05, 3.63) is 23.0 Å². The van der Waals surface area contributed by atoms with Crippen molar-refractivity contribution < 1.29 is 4.39 Å². The topological polar surface area (TPSA) is 49.8 Å². The van der Waals surface area contributed by atoms with Crippen LogP contribution in [0.2, 0.25) is 5.02 Å². The third kappa shape index (κ3) is 1.81.